The van der Waals surface area contributed by atoms with E-state index in [2.05, 4.69) is 5.32 Å². The number of hydrogen-bond donors (Lipinski definition) is 2. The predicted octanol–water partition coefficient (Wildman–Crippen LogP) is 1.99. The third-order valence-electron chi connectivity index (χ3n) is 3.51. The van der Waals surface area contributed by atoms with Gasteiger partial charge in [0.05, 0.1) is 10.6 Å². The van der Waals surface area contributed by atoms with Gasteiger partial charge in [-0.05, 0) is 42.8 Å². The minimum atomic E-state index is -4.12. The lowest BCUT2D eigenvalue weighted by atomic mass is 10.2. The molecule has 0 fully saturated rings. The molecule has 0 aromatic heterocycles. The number of carbonyl (C=O) groups excluding carboxylic acids is 2. The van der Waals surface area contributed by atoms with Crippen molar-refractivity contribution in [1.82, 2.24) is 5.32 Å². The summed E-state index contributed by atoms with van der Waals surface area (Å²) in [6, 6.07) is 8.95. The zero-order valence-corrected chi connectivity index (χ0v) is 15.7. The standard InChI is InChI=1S/C17H16ClFN2O5S/c1-10(16(22)21-9-11-2-5-13(19)6-3-11)26-17(23)12-4-7-14(18)15(8-12)27(20,24)25/h2-8,10H,9H2,1H3,(H,21,22)(H2,20,24,25). The Kier molecular flexibility index (Phi) is 6.53. The Labute approximate surface area is 160 Å². The maximum atomic E-state index is 12.8. The first kappa shape index (κ1) is 20.8. The summed E-state index contributed by atoms with van der Waals surface area (Å²) in [7, 11) is -4.12. The van der Waals surface area contributed by atoms with Crippen molar-refractivity contribution in [2.24, 2.45) is 5.14 Å². The molecule has 0 spiro atoms. The normalized spacial score (nSPS) is 12.3. The van der Waals surface area contributed by atoms with Crippen molar-refractivity contribution in [3.05, 3.63) is 64.4 Å². The molecule has 0 bridgehead atoms. The topological polar surface area (TPSA) is 116 Å². The number of carbonyl (C=O) groups is 2. The second kappa shape index (κ2) is 8.47. The highest BCUT2D eigenvalue weighted by atomic mass is 35.5. The van der Waals surface area contributed by atoms with Gasteiger partial charge in [0.1, 0.15) is 10.7 Å². The molecule has 3 N–H and O–H groups in total. The molecule has 0 saturated heterocycles. The summed E-state index contributed by atoms with van der Waals surface area (Å²) in [5.41, 5.74) is 0.542. The molecular weight excluding hydrogens is 399 g/mol. The molecule has 2 rings (SSSR count). The average Bonchev–Trinajstić information content (AvgIpc) is 2.60. The maximum absolute atomic E-state index is 12.8. The van der Waals surface area contributed by atoms with Gasteiger partial charge in [0.2, 0.25) is 10.0 Å². The first-order chi connectivity index (χ1) is 12.6. The summed E-state index contributed by atoms with van der Waals surface area (Å²) >= 11 is 5.75. The number of nitrogens with two attached hydrogens (primary N) is 1. The molecule has 2 aromatic rings. The number of ether oxygens (including phenoxy) is 1. The quantitative estimate of drug-likeness (QED) is 0.701. The fourth-order valence-electron chi connectivity index (χ4n) is 2.07. The minimum Gasteiger partial charge on any atom is -0.449 e. The highest BCUT2D eigenvalue weighted by Crippen LogP contribution is 2.22. The van der Waals surface area contributed by atoms with Gasteiger partial charge in [-0.2, -0.15) is 0 Å². The van der Waals surface area contributed by atoms with Gasteiger partial charge in [0.25, 0.3) is 5.91 Å². The van der Waals surface area contributed by atoms with E-state index in [9.17, 15) is 22.4 Å². The fraction of sp³-hybridized carbons (Fsp3) is 0.176. The monoisotopic (exact) mass is 414 g/mol. The SMILES string of the molecule is CC(OC(=O)c1ccc(Cl)c(S(N)(=O)=O)c1)C(=O)NCc1ccc(F)cc1. The molecule has 0 saturated carbocycles. The number of primary sulfonamides is 1. The fourth-order valence-corrected chi connectivity index (χ4v) is 3.14. The molecule has 0 radical (unpaired) electrons. The van der Waals surface area contributed by atoms with Crippen molar-refractivity contribution >= 4 is 33.5 Å². The van der Waals surface area contributed by atoms with E-state index in [1.54, 1.807) is 0 Å². The lowest BCUT2D eigenvalue weighted by molar-refractivity contribution is -0.129. The third-order valence-corrected chi connectivity index (χ3v) is 4.90. The van der Waals surface area contributed by atoms with Gasteiger partial charge in [-0.15, -0.1) is 0 Å². The van der Waals surface area contributed by atoms with E-state index in [1.807, 2.05) is 0 Å². The lowest BCUT2D eigenvalue weighted by Crippen LogP contribution is -2.35. The highest BCUT2D eigenvalue weighted by Gasteiger charge is 2.21. The Balaban J connectivity index is 2.00. The summed E-state index contributed by atoms with van der Waals surface area (Å²) in [6.45, 7) is 1.48. The molecule has 1 amide bonds. The Morgan fingerprint density at radius 2 is 1.85 bits per heavy atom. The maximum Gasteiger partial charge on any atom is 0.338 e. The summed E-state index contributed by atoms with van der Waals surface area (Å²) < 4.78 is 40.8. The third kappa shape index (κ3) is 5.75. The predicted molar refractivity (Wildman–Crippen MR) is 95.9 cm³/mol. The van der Waals surface area contributed by atoms with Crippen LogP contribution in [0, 0.1) is 5.82 Å². The van der Waals surface area contributed by atoms with E-state index in [0.717, 1.165) is 6.07 Å². The van der Waals surface area contributed by atoms with Gasteiger partial charge >= 0.3 is 5.97 Å². The number of esters is 1. The Morgan fingerprint density at radius 1 is 1.22 bits per heavy atom. The van der Waals surface area contributed by atoms with E-state index in [-0.39, 0.29) is 17.1 Å². The summed E-state index contributed by atoms with van der Waals surface area (Å²) in [5, 5.41) is 7.43. The van der Waals surface area contributed by atoms with Crippen LogP contribution in [0.3, 0.4) is 0 Å². The lowest BCUT2D eigenvalue weighted by Gasteiger charge is -2.14. The van der Waals surface area contributed by atoms with Crippen molar-refractivity contribution < 1.29 is 27.1 Å². The summed E-state index contributed by atoms with van der Waals surface area (Å²) in [6.07, 6.45) is -1.15. The number of halogens is 2. The van der Waals surface area contributed by atoms with E-state index >= 15 is 0 Å². The minimum absolute atomic E-state index is 0.123. The van der Waals surface area contributed by atoms with Crippen molar-refractivity contribution in [3.63, 3.8) is 0 Å². The van der Waals surface area contributed by atoms with Crippen LogP contribution in [0.1, 0.15) is 22.8 Å². The molecular formula is C17H16ClFN2O5S. The molecule has 1 unspecified atom stereocenters. The number of nitrogens with one attached hydrogen (secondary N) is 1. The van der Waals surface area contributed by atoms with Crippen molar-refractivity contribution in [1.29, 1.82) is 0 Å². The number of benzene rings is 2. The second-order valence-electron chi connectivity index (χ2n) is 5.58. The van der Waals surface area contributed by atoms with Crippen LogP contribution in [-0.2, 0) is 26.1 Å². The summed E-state index contributed by atoms with van der Waals surface area (Å²) in [4.78, 5) is 23.7. The smallest absolute Gasteiger partial charge is 0.338 e. The molecule has 1 atom stereocenters. The van der Waals surface area contributed by atoms with E-state index < -0.39 is 38.7 Å². The zero-order chi connectivity index (χ0) is 20.2. The first-order valence-corrected chi connectivity index (χ1v) is 9.56. The number of rotatable bonds is 6. The highest BCUT2D eigenvalue weighted by molar-refractivity contribution is 7.89. The molecule has 2 aromatic carbocycles. The van der Waals surface area contributed by atoms with Gasteiger partial charge in [-0.3, -0.25) is 4.79 Å². The van der Waals surface area contributed by atoms with Gasteiger partial charge in [-0.1, -0.05) is 23.7 Å². The van der Waals surface area contributed by atoms with Crippen molar-refractivity contribution in [3.8, 4) is 0 Å². The van der Waals surface area contributed by atoms with Crippen LogP contribution in [0.4, 0.5) is 4.39 Å². The first-order valence-electron chi connectivity index (χ1n) is 7.63. The van der Waals surface area contributed by atoms with Crippen LogP contribution < -0.4 is 10.5 Å². The van der Waals surface area contributed by atoms with E-state index in [1.165, 1.54) is 43.3 Å². The summed E-state index contributed by atoms with van der Waals surface area (Å²) in [5.74, 6) is -1.89. The Hall–Kier alpha value is -2.49. The molecule has 0 heterocycles. The Bertz CT molecular complexity index is 964. The van der Waals surface area contributed by atoms with Crippen LogP contribution in [0.15, 0.2) is 47.4 Å². The van der Waals surface area contributed by atoms with Crippen LogP contribution in [0.5, 0.6) is 0 Å². The second-order valence-corrected chi connectivity index (χ2v) is 7.52. The molecule has 0 aliphatic carbocycles. The zero-order valence-electron chi connectivity index (χ0n) is 14.1. The van der Waals surface area contributed by atoms with Crippen LogP contribution in [0.2, 0.25) is 5.02 Å². The van der Waals surface area contributed by atoms with Crippen LogP contribution >= 0.6 is 11.6 Å². The van der Waals surface area contributed by atoms with Crippen molar-refractivity contribution in [2.75, 3.05) is 0 Å². The molecule has 0 aliphatic rings. The van der Waals surface area contributed by atoms with E-state index in [4.69, 9.17) is 21.5 Å². The van der Waals surface area contributed by atoms with Crippen LogP contribution in [-0.4, -0.2) is 26.4 Å². The molecule has 7 nitrogen and oxygen atoms in total. The molecule has 0 aliphatic heterocycles. The molecule has 27 heavy (non-hydrogen) atoms. The molecule has 144 valence electrons. The van der Waals surface area contributed by atoms with Crippen LogP contribution in [0.25, 0.3) is 0 Å². The van der Waals surface area contributed by atoms with Gasteiger partial charge < -0.3 is 10.1 Å². The number of sulfonamides is 1. The van der Waals surface area contributed by atoms with Gasteiger partial charge in [0, 0.05) is 6.54 Å². The van der Waals surface area contributed by atoms with Gasteiger partial charge in [0.15, 0.2) is 6.10 Å². The average molecular weight is 415 g/mol. The number of amides is 1. The molecule has 10 heteroatoms. The van der Waals surface area contributed by atoms with E-state index in [0.29, 0.717) is 5.56 Å². The Morgan fingerprint density at radius 3 is 2.44 bits per heavy atom. The van der Waals surface area contributed by atoms with Crippen molar-refractivity contribution in [2.45, 2.75) is 24.5 Å². The number of hydrogen-bond acceptors (Lipinski definition) is 5. The largest absolute Gasteiger partial charge is 0.449 e. The van der Waals surface area contributed by atoms with Gasteiger partial charge in [-0.25, -0.2) is 22.7 Å².